The molecule has 0 unspecified atom stereocenters. The van der Waals surface area contributed by atoms with Gasteiger partial charge in [-0.3, -0.25) is 4.68 Å². The molecule has 2 aromatic heterocycles. The maximum atomic E-state index is 13.4. The van der Waals surface area contributed by atoms with Gasteiger partial charge in [0.2, 0.25) is 0 Å². The summed E-state index contributed by atoms with van der Waals surface area (Å²) in [6, 6.07) is 3.44. The van der Waals surface area contributed by atoms with Crippen molar-refractivity contribution >= 4 is 29.0 Å². The Morgan fingerprint density at radius 1 is 1.33 bits per heavy atom. The molecule has 0 spiro atoms. The Morgan fingerprint density at radius 3 is 2.59 bits per heavy atom. The van der Waals surface area contributed by atoms with E-state index in [1.54, 1.807) is 32.9 Å². The first-order valence-electron chi connectivity index (χ1n) is 8.32. The Morgan fingerprint density at radius 2 is 2.04 bits per heavy atom. The van der Waals surface area contributed by atoms with Gasteiger partial charge >= 0.3 is 12.3 Å². The Bertz CT molecular complexity index is 855. The SMILES string of the molecule is CC(C)(C)OC(=O)N1CCc2c(C(F)(F)F)nn(Cc3ccc(Cl)s3)c2C1. The van der Waals surface area contributed by atoms with Crippen LogP contribution in [0.25, 0.3) is 0 Å². The highest BCUT2D eigenvalue weighted by Crippen LogP contribution is 2.36. The molecule has 10 heteroatoms. The normalized spacial score (nSPS) is 15.0. The summed E-state index contributed by atoms with van der Waals surface area (Å²) in [5, 5.41) is 3.81. The van der Waals surface area contributed by atoms with E-state index in [4.69, 9.17) is 16.3 Å². The Balaban J connectivity index is 1.92. The second-order valence-electron chi connectivity index (χ2n) is 7.29. The highest BCUT2D eigenvalue weighted by Gasteiger charge is 2.41. The number of nitrogens with zero attached hydrogens (tertiary/aromatic N) is 3. The summed E-state index contributed by atoms with van der Waals surface area (Å²) in [5.74, 6) is 0. The number of hydrogen-bond acceptors (Lipinski definition) is 4. The molecule has 2 aromatic rings. The lowest BCUT2D eigenvalue weighted by Gasteiger charge is -2.30. The first-order chi connectivity index (χ1) is 12.4. The molecule has 148 valence electrons. The van der Waals surface area contributed by atoms with Crippen molar-refractivity contribution in [3.63, 3.8) is 0 Å². The number of ether oxygens (including phenoxy) is 1. The molecule has 5 nitrogen and oxygen atoms in total. The number of amides is 1. The summed E-state index contributed by atoms with van der Waals surface area (Å²) in [4.78, 5) is 14.5. The molecule has 3 rings (SSSR count). The molecular weight excluding hydrogens is 403 g/mol. The van der Waals surface area contributed by atoms with Gasteiger partial charge in [-0.2, -0.15) is 18.3 Å². The maximum Gasteiger partial charge on any atom is 0.435 e. The Hall–Kier alpha value is -1.74. The average Bonchev–Trinajstić information content (AvgIpc) is 3.09. The number of carbonyl (C=O) groups excluding carboxylic acids is 1. The molecule has 0 atom stereocenters. The Kier molecular flexibility index (Phi) is 5.20. The van der Waals surface area contributed by atoms with Crippen LogP contribution in [-0.2, 0) is 30.4 Å². The fourth-order valence-electron chi connectivity index (χ4n) is 2.91. The monoisotopic (exact) mass is 421 g/mol. The molecule has 0 fully saturated rings. The van der Waals surface area contributed by atoms with Gasteiger partial charge in [-0.05, 0) is 39.3 Å². The predicted molar refractivity (Wildman–Crippen MR) is 96.0 cm³/mol. The van der Waals surface area contributed by atoms with Crippen molar-refractivity contribution in [3.8, 4) is 0 Å². The average molecular weight is 422 g/mol. The van der Waals surface area contributed by atoms with Crippen LogP contribution in [0.1, 0.15) is 42.6 Å². The quantitative estimate of drug-likeness (QED) is 0.688. The van der Waals surface area contributed by atoms with E-state index in [1.807, 2.05) is 0 Å². The molecule has 0 bridgehead atoms. The van der Waals surface area contributed by atoms with Crippen LogP contribution < -0.4 is 0 Å². The van der Waals surface area contributed by atoms with E-state index in [9.17, 15) is 18.0 Å². The minimum atomic E-state index is -4.55. The number of carbonyl (C=O) groups is 1. The minimum Gasteiger partial charge on any atom is -0.444 e. The third-order valence-electron chi connectivity index (χ3n) is 3.99. The zero-order valence-corrected chi connectivity index (χ0v) is 16.6. The highest BCUT2D eigenvalue weighted by molar-refractivity contribution is 7.16. The minimum absolute atomic E-state index is 0.0203. The number of thiophene rings is 1. The van der Waals surface area contributed by atoms with Gasteiger partial charge < -0.3 is 9.64 Å². The number of hydrogen-bond donors (Lipinski definition) is 0. The van der Waals surface area contributed by atoms with Gasteiger partial charge in [0, 0.05) is 17.0 Å². The van der Waals surface area contributed by atoms with Crippen molar-refractivity contribution < 1.29 is 22.7 Å². The van der Waals surface area contributed by atoms with Crippen LogP contribution in [0.5, 0.6) is 0 Å². The van der Waals surface area contributed by atoms with E-state index in [0.717, 1.165) is 4.88 Å². The molecule has 0 saturated carbocycles. The fraction of sp³-hybridized carbons (Fsp3) is 0.529. The van der Waals surface area contributed by atoms with Gasteiger partial charge in [0.15, 0.2) is 5.69 Å². The second kappa shape index (κ2) is 7.01. The molecule has 1 amide bonds. The lowest BCUT2D eigenvalue weighted by Crippen LogP contribution is -2.40. The van der Waals surface area contributed by atoms with Crippen LogP contribution in [0.3, 0.4) is 0 Å². The van der Waals surface area contributed by atoms with Gasteiger partial charge in [-0.1, -0.05) is 11.6 Å². The van der Waals surface area contributed by atoms with Crippen molar-refractivity contribution in [1.82, 2.24) is 14.7 Å². The number of rotatable bonds is 2. The van der Waals surface area contributed by atoms with Crippen molar-refractivity contribution in [2.75, 3.05) is 6.54 Å². The van der Waals surface area contributed by atoms with Crippen molar-refractivity contribution in [1.29, 1.82) is 0 Å². The van der Waals surface area contributed by atoms with Gasteiger partial charge in [0.05, 0.1) is 23.1 Å². The van der Waals surface area contributed by atoms with Crippen LogP contribution in [0.4, 0.5) is 18.0 Å². The lowest BCUT2D eigenvalue weighted by atomic mass is 10.0. The molecule has 0 aromatic carbocycles. The van der Waals surface area contributed by atoms with Crippen LogP contribution in [0.2, 0.25) is 4.34 Å². The summed E-state index contributed by atoms with van der Waals surface area (Å²) in [5.41, 5.74) is -1.04. The van der Waals surface area contributed by atoms with Crippen LogP contribution in [-0.4, -0.2) is 32.9 Å². The van der Waals surface area contributed by atoms with Crippen LogP contribution >= 0.6 is 22.9 Å². The molecule has 1 aliphatic heterocycles. The third-order valence-corrected chi connectivity index (χ3v) is 5.21. The van der Waals surface area contributed by atoms with Crippen LogP contribution in [0.15, 0.2) is 12.1 Å². The molecular formula is C17H19ClF3N3O2S. The van der Waals surface area contributed by atoms with Crippen molar-refractivity contribution in [2.45, 2.75) is 52.1 Å². The zero-order chi connectivity index (χ0) is 20.0. The highest BCUT2D eigenvalue weighted by atomic mass is 35.5. The standard InChI is InChI=1S/C17H19ClF3N3O2S/c1-16(2,3)26-15(25)23-7-6-11-12(9-23)24(22-14(11)17(19,20)21)8-10-4-5-13(18)27-10/h4-5H,6-9H2,1-3H3. The van der Waals surface area contributed by atoms with Gasteiger partial charge in [0.25, 0.3) is 0 Å². The van der Waals surface area contributed by atoms with E-state index in [2.05, 4.69) is 5.10 Å². The van der Waals surface area contributed by atoms with E-state index in [0.29, 0.717) is 10.0 Å². The third kappa shape index (κ3) is 4.57. The summed E-state index contributed by atoms with van der Waals surface area (Å²) >= 11 is 7.20. The molecule has 0 saturated heterocycles. The second-order valence-corrected chi connectivity index (χ2v) is 9.09. The van der Waals surface area contributed by atoms with Gasteiger partial charge in [0.1, 0.15) is 5.60 Å². The summed E-state index contributed by atoms with van der Waals surface area (Å²) in [6.07, 6.45) is -5.01. The molecule has 0 N–H and O–H groups in total. The van der Waals surface area contributed by atoms with E-state index >= 15 is 0 Å². The summed E-state index contributed by atoms with van der Waals surface area (Å²) < 4.78 is 47.4. The Labute approximate surface area is 163 Å². The lowest BCUT2D eigenvalue weighted by molar-refractivity contribution is -0.142. The fourth-order valence-corrected chi connectivity index (χ4v) is 3.98. The zero-order valence-electron chi connectivity index (χ0n) is 15.1. The number of fused-ring (bicyclic) bond motifs is 1. The van der Waals surface area contributed by atoms with E-state index in [1.165, 1.54) is 20.9 Å². The molecule has 1 aliphatic rings. The maximum absolute atomic E-state index is 13.4. The first-order valence-corrected chi connectivity index (χ1v) is 9.51. The number of alkyl halides is 3. The van der Waals surface area contributed by atoms with E-state index in [-0.39, 0.29) is 31.6 Å². The van der Waals surface area contributed by atoms with E-state index < -0.39 is 23.6 Å². The summed E-state index contributed by atoms with van der Waals surface area (Å²) in [7, 11) is 0. The topological polar surface area (TPSA) is 47.4 Å². The predicted octanol–water partition coefficient (Wildman–Crippen LogP) is 4.96. The van der Waals surface area contributed by atoms with Gasteiger partial charge in [-0.25, -0.2) is 4.79 Å². The van der Waals surface area contributed by atoms with Crippen molar-refractivity contribution in [3.05, 3.63) is 38.3 Å². The molecule has 0 aliphatic carbocycles. The van der Waals surface area contributed by atoms with Gasteiger partial charge in [-0.15, -0.1) is 11.3 Å². The number of aromatic nitrogens is 2. The molecule has 0 radical (unpaired) electrons. The summed E-state index contributed by atoms with van der Waals surface area (Å²) in [6.45, 7) is 5.57. The molecule has 27 heavy (non-hydrogen) atoms. The first kappa shape index (κ1) is 20.0. The van der Waals surface area contributed by atoms with Crippen molar-refractivity contribution in [2.24, 2.45) is 0 Å². The largest absolute Gasteiger partial charge is 0.444 e. The smallest absolute Gasteiger partial charge is 0.435 e. The molecule has 3 heterocycles. The number of halogens is 4. The van der Waals surface area contributed by atoms with Crippen LogP contribution in [0, 0.1) is 0 Å².